The molecule has 2 aliphatic rings. The van der Waals surface area contributed by atoms with Gasteiger partial charge in [-0.25, -0.2) is 0 Å². The average Bonchev–Trinajstić information content (AvgIpc) is 3.13. The highest BCUT2D eigenvalue weighted by Crippen LogP contribution is 2.39. The van der Waals surface area contributed by atoms with E-state index < -0.39 is 5.54 Å². The molecule has 3 rings (SSSR count). The van der Waals surface area contributed by atoms with Gasteiger partial charge in [-0.2, -0.15) is 0 Å². The van der Waals surface area contributed by atoms with Crippen molar-refractivity contribution < 1.29 is 9.59 Å². The first-order chi connectivity index (χ1) is 10.1. The minimum Gasteiger partial charge on any atom is -0.340 e. The van der Waals surface area contributed by atoms with Crippen LogP contribution in [0.4, 0.5) is 0 Å². The number of piperazine rings is 1. The molecule has 0 radical (unpaired) electrons. The maximum absolute atomic E-state index is 13.1. The Morgan fingerprint density at radius 1 is 1.43 bits per heavy atom. The Labute approximate surface area is 129 Å². The second kappa shape index (κ2) is 5.44. The van der Waals surface area contributed by atoms with Gasteiger partial charge in [-0.3, -0.25) is 9.59 Å². The van der Waals surface area contributed by atoms with Crippen LogP contribution in [0.25, 0.3) is 0 Å². The largest absolute Gasteiger partial charge is 0.340 e. The maximum Gasteiger partial charge on any atom is 0.249 e. The highest BCUT2D eigenvalue weighted by molar-refractivity contribution is 7.10. The first-order valence-electron chi connectivity index (χ1n) is 7.77. The summed E-state index contributed by atoms with van der Waals surface area (Å²) in [6, 6.07) is 3.66. The Bertz CT molecular complexity index is 534. The highest BCUT2D eigenvalue weighted by Gasteiger charge is 2.52. The molecule has 114 valence electrons. The molecular formula is C16H22N2O2S. The predicted octanol–water partition coefficient (Wildman–Crippen LogP) is 2.86. The van der Waals surface area contributed by atoms with Crippen LogP contribution in [0.5, 0.6) is 0 Å². The molecule has 2 atom stereocenters. The van der Waals surface area contributed by atoms with Crippen LogP contribution in [0.15, 0.2) is 17.5 Å². The van der Waals surface area contributed by atoms with E-state index in [0.717, 1.165) is 30.6 Å². The molecule has 1 saturated carbocycles. The summed E-state index contributed by atoms with van der Waals surface area (Å²) in [6.45, 7) is 4.01. The number of hydrogen-bond acceptors (Lipinski definition) is 3. The van der Waals surface area contributed by atoms with Gasteiger partial charge in [-0.1, -0.05) is 25.8 Å². The first-order valence-corrected chi connectivity index (χ1v) is 8.65. The minimum atomic E-state index is -0.631. The van der Waals surface area contributed by atoms with Gasteiger partial charge in [0.15, 0.2) is 0 Å². The van der Waals surface area contributed by atoms with E-state index >= 15 is 0 Å². The monoisotopic (exact) mass is 306 g/mol. The van der Waals surface area contributed by atoms with Crippen molar-refractivity contribution >= 4 is 23.2 Å². The van der Waals surface area contributed by atoms with Crippen molar-refractivity contribution in [1.29, 1.82) is 0 Å². The van der Waals surface area contributed by atoms with Crippen LogP contribution in [-0.2, 0) is 9.59 Å². The molecule has 21 heavy (non-hydrogen) atoms. The lowest BCUT2D eigenvalue weighted by Crippen LogP contribution is -2.69. The van der Waals surface area contributed by atoms with Crippen LogP contribution in [0.1, 0.15) is 56.9 Å². The molecule has 2 unspecified atom stereocenters. The molecule has 0 bridgehead atoms. The molecule has 1 spiro atoms. The van der Waals surface area contributed by atoms with E-state index in [4.69, 9.17) is 0 Å². The molecule has 2 amide bonds. The van der Waals surface area contributed by atoms with E-state index in [1.807, 2.05) is 36.3 Å². The Hall–Kier alpha value is -1.36. The van der Waals surface area contributed by atoms with E-state index in [-0.39, 0.29) is 23.9 Å². The quantitative estimate of drug-likeness (QED) is 0.933. The van der Waals surface area contributed by atoms with Crippen molar-refractivity contribution in [2.45, 2.75) is 63.6 Å². The second-order valence-corrected chi connectivity index (χ2v) is 7.09. The smallest absolute Gasteiger partial charge is 0.249 e. The Balaban J connectivity index is 1.97. The third-order valence-corrected chi connectivity index (χ3v) is 5.90. The van der Waals surface area contributed by atoms with Crippen molar-refractivity contribution in [3.8, 4) is 0 Å². The van der Waals surface area contributed by atoms with Gasteiger partial charge in [0.25, 0.3) is 0 Å². The molecule has 5 heteroatoms. The minimum absolute atomic E-state index is 0.0161. The molecule has 0 aromatic carbocycles. The van der Waals surface area contributed by atoms with E-state index in [1.54, 1.807) is 11.3 Å². The summed E-state index contributed by atoms with van der Waals surface area (Å²) in [4.78, 5) is 28.6. The molecule has 1 aliphatic carbocycles. The van der Waals surface area contributed by atoms with E-state index in [2.05, 4.69) is 5.32 Å². The van der Waals surface area contributed by atoms with Crippen LogP contribution < -0.4 is 5.32 Å². The highest BCUT2D eigenvalue weighted by atomic mass is 32.1. The van der Waals surface area contributed by atoms with Crippen molar-refractivity contribution in [3.05, 3.63) is 22.4 Å². The first kappa shape index (κ1) is 14.6. The van der Waals surface area contributed by atoms with Crippen molar-refractivity contribution in [1.82, 2.24) is 10.2 Å². The number of hydrogen-bond donors (Lipinski definition) is 1. The number of amides is 2. The Morgan fingerprint density at radius 2 is 2.14 bits per heavy atom. The zero-order chi connectivity index (χ0) is 15.0. The van der Waals surface area contributed by atoms with Gasteiger partial charge in [-0.05, 0) is 37.6 Å². The summed E-state index contributed by atoms with van der Waals surface area (Å²) in [6.07, 6.45) is 4.25. The summed E-state index contributed by atoms with van der Waals surface area (Å²) >= 11 is 1.65. The second-order valence-electron chi connectivity index (χ2n) is 6.11. The Kier molecular flexibility index (Phi) is 3.78. The Morgan fingerprint density at radius 3 is 2.71 bits per heavy atom. The standard InChI is InChI=1S/C16H22N2O2S/c1-3-12-14(19)17-16(8-4-5-9-16)15(20)18(12)11(2)13-7-6-10-21-13/h6-7,10-12H,3-5,8-9H2,1-2H3,(H,17,19). The molecule has 4 nitrogen and oxygen atoms in total. The number of carbonyl (C=O) groups excluding carboxylic acids is 2. The number of rotatable bonds is 3. The number of thiophene rings is 1. The molecule has 1 aliphatic heterocycles. The SMILES string of the molecule is CCC1C(=O)NC2(CCCC2)C(=O)N1C(C)c1cccs1. The zero-order valence-electron chi connectivity index (χ0n) is 12.6. The van der Waals surface area contributed by atoms with Gasteiger partial charge in [0.1, 0.15) is 11.6 Å². The van der Waals surface area contributed by atoms with Crippen LogP contribution in [0.3, 0.4) is 0 Å². The fraction of sp³-hybridized carbons (Fsp3) is 0.625. The molecule has 1 saturated heterocycles. The number of carbonyl (C=O) groups is 2. The predicted molar refractivity (Wildman–Crippen MR) is 83.0 cm³/mol. The van der Waals surface area contributed by atoms with E-state index in [9.17, 15) is 9.59 Å². The summed E-state index contributed by atoms with van der Waals surface area (Å²) in [7, 11) is 0. The third kappa shape index (κ3) is 2.27. The molecule has 1 aromatic rings. The van der Waals surface area contributed by atoms with Crippen LogP contribution >= 0.6 is 11.3 Å². The van der Waals surface area contributed by atoms with Crippen LogP contribution in [0.2, 0.25) is 0 Å². The molecular weight excluding hydrogens is 284 g/mol. The normalized spacial score (nSPS) is 26.2. The summed E-state index contributed by atoms with van der Waals surface area (Å²) in [5.41, 5.74) is -0.631. The van der Waals surface area contributed by atoms with Gasteiger partial charge in [-0.15, -0.1) is 11.3 Å². The number of nitrogens with zero attached hydrogens (tertiary/aromatic N) is 1. The zero-order valence-corrected chi connectivity index (χ0v) is 13.4. The van der Waals surface area contributed by atoms with E-state index in [1.165, 1.54) is 0 Å². The lowest BCUT2D eigenvalue weighted by atomic mass is 9.89. The van der Waals surface area contributed by atoms with Gasteiger partial charge < -0.3 is 10.2 Å². The molecule has 2 fully saturated rings. The summed E-state index contributed by atoms with van der Waals surface area (Å²) in [5.74, 6) is 0.134. The fourth-order valence-electron chi connectivity index (χ4n) is 3.70. The lowest BCUT2D eigenvalue weighted by Gasteiger charge is -2.46. The van der Waals surface area contributed by atoms with Gasteiger partial charge in [0, 0.05) is 4.88 Å². The lowest BCUT2D eigenvalue weighted by molar-refractivity contribution is -0.157. The molecule has 2 heterocycles. The van der Waals surface area contributed by atoms with E-state index in [0.29, 0.717) is 6.42 Å². The van der Waals surface area contributed by atoms with Crippen LogP contribution in [0, 0.1) is 0 Å². The van der Waals surface area contributed by atoms with Crippen molar-refractivity contribution in [2.24, 2.45) is 0 Å². The summed E-state index contributed by atoms with van der Waals surface area (Å²) in [5, 5.41) is 5.07. The maximum atomic E-state index is 13.1. The van der Waals surface area contributed by atoms with Gasteiger partial charge in [0.05, 0.1) is 6.04 Å². The van der Waals surface area contributed by atoms with Crippen molar-refractivity contribution in [3.63, 3.8) is 0 Å². The van der Waals surface area contributed by atoms with Gasteiger partial charge >= 0.3 is 0 Å². The van der Waals surface area contributed by atoms with Crippen LogP contribution in [-0.4, -0.2) is 28.3 Å². The fourth-order valence-corrected chi connectivity index (χ4v) is 4.48. The van der Waals surface area contributed by atoms with Gasteiger partial charge in [0.2, 0.25) is 11.8 Å². The molecule has 1 aromatic heterocycles. The molecule has 1 N–H and O–H groups in total. The number of nitrogens with one attached hydrogen (secondary N) is 1. The third-order valence-electron chi connectivity index (χ3n) is 4.86. The topological polar surface area (TPSA) is 49.4 Å². The average molecular weight is 306 g/mol. The summed E-state index contributed by atoms with van der Waals surface area (Å²) < 4.78 is 0. The van der Waals surface area contributed by atoms with Crippen molar-refractivity contribution in [2.75, 3.05) is 0 Å².